The third-order valence-corrected chi connectivity index (χ3v) is 6.58. The molecule has 0 aromatic heterocycles. The molecule has 6 nitrogen and oxygen atoms in total. The zero-order valence-electron chi connectivity index (χ0n) is 20.5. The number of ketones is 1. The zero-order valence-corrected chi connectivity index (χ0v) is 20.5. The SMILES string of the molecule is CC[C@@H](C[C@H](C)C(=O)[C@H](C)[C@H]1OC(C)(C)O[C@@H](CCOCc2ccccc2)[C@@H]1C)C(N)=O. The molecular formula is C26H41NO5. The second-order valence-corrected chi connectivity index (χ2v) is 9.66. The molecule has 0 bridgehead atoms. The number of carbonyl (C=O) groups is 2. The smallest absolute Gasteiger partial charge is 0.220 e. The van der Waals surface area contributed by atoms with Gasteiger partial charge >= 0.3 is 0 Å². The van der Waals surface area contributed by atoms with Gasteiger partial charge in [-0.1, -0.05) is 58.0 Å². The Morgan fingerprint density at radius 3 is 2.41 bits per heavy atom. The van der Waals surface area contributed by atoms with Gasteiger partial charge in [-0.25, -0.2) is 0 Å². The quantitative estimate of drug-likeness (QED) is 0.477. The van der Waals surface area contributed by atoms with E-state index in [9.17, 15) is 9.59 Å². The Bertz CT molecular complexity index is 735. The second kappa shape index (κ2) is 11.9. The topological polar surface area (TPSA) is 87.8 Å². The minimum Gasteiger partial charge on any atom is -0.377 e. The Morgan fingerprint density at radius 1 is 1.16 bits per heavy atom. The first-order valence-electron chi connectivity index (χ1n) is 11.9. The molecule has 0 saturated carbocycles. The predicted octanol–water partition coefficient (Wildman–Crippen LogP) is 4.49. The van der Waals surface area contributed by atoms with E-state index in [1.807, 2.05) is 65.0 Å². The third kappa shape index (κ3) is 7.39. The fourth-order valence-corrected chi connectivity index (χ4v) is 4.63. The Balaban J connectivity index is 1.97. The summed E-state index contributed by atoms with van der Waals surface area (Å²) in [4.78, 5) is 24.8. The molecule has 6 heteroatoms. The van der Waals surface area contributed by atoms with Gasteiger partial charge in [0.25, 0.3) is 0 Å². The van der Waals surface area contributed by atoms with Crippen molar-refractivity contribution < 1.29 is 23.8 Å². The van der Waals surface area contributed by atoms with Gasteiger partial charge in [0.15, 0.2) is 5.79 Å². The van der Waals surface area contributed by atoms with Crippen molar-refractivity contribution in [1.82, 2.24) is 0 Å². The minimum atomic E-state index is -0.780. The van der Waals surface area contributed by atoms with E-state index in [0.717, 1.165) is 12.0 Å². The Hall–Kier alpha value is -1.76. The van der Waals surface area contributed by atoms with Gasteiger partial charge < -0.3 is 19.9 Å². The third-order valence-electron chi connectivity index (χ3n) is 6.58. The van der Waals surface area contributed by atoms with Crippen molar-refractivity contribution >= 4 is 11.7 Å². The zero-order chi connectivity index (χ0) is 23.9. The summed E-state index contributed by atoms with van der Waals surface area (Å²) in [6.07, 6.45) is 1.52. The van der Waals surface area contributed by atoms with E-state index in [1.165, 1.54) is 0 Å². The summed E-state index contributed by atoms with van der Waals surface area (Å²) in [5.74, 6) is -1.81. The molecule has 0 spiro atoms. The Labute approximate surface area is 193 Å². The van der Waals surface area contributed by atoms with Crippen molar-refractivity contribution in [3.63, 3.8) is 0 Å². The van der Waals surface area contributed by atoms with E-state index in [4.69, 9.17) is 19.9 Å². The minimum absolute atomic E-state index is 0.0348. The number of nitrogens with two attached hydrogens (primary N) is 1. The first kappa shape index (κ1) is 26.5. The maximum atomic E-state index is 13.2. The highest BCUT2D eigenvalue weighted by molar-refractivity contribution is 5.84. The van der Waals surface area contributed by atoms with Crippen LogP contribution in [0.25, 0.3) is 0 Å². The summed E-state index contributed by atoms with van der Waals surface area (Å²) in [5, 5.41) is 0. The van der Waals surface area contributed by atoms with Gasteiger partial charge in [-0.05, 0) is 38.7 Å². The van der Waals surface area contributed by atoms with Crippen molar-refractivity contribution in [3.8, 4) is 0 Å². The molecular weight excluding hydrogens is 406 g/mol. The molecule has 0 unspecified atom stereocenters. The molecule has 2 rings (SSSR count). The summed E-state index contributed by atoms with van der Waals surface area (Å²) in [6.45, 7) is 12.7. The molecule has 0 aliphatic carbocycles. The van der Waals surface area contributed by atoms with Gasteiger partial charge in [0, 0.05) is 30.3 Å². The van der Waals surface area contributed by atoms with Gasteiger partial charge in [0.1, 0.15) is 5.78 Å². The summed E-state index contributed by atoms with van der Waals surface area (Å²) >= 11 is 0. The first-order valence-corrected chi connectivity index (χ1v) is 11.9. The van der Waals surface area contributed by atoms with E-state index in [-0.39, 0.29) is 47.6 Å². The van der Waals surface area contributed by atoms with Crippen LogP contribution in [0.2, 0.25) is 0 Å². The maximum Gasteiger partial charge on any atom is 0.220 e. The molecule has 1 fully saturated rings. The lowest BCUT2D eigenvalue weighted by atomic mass is 9.79. The molecule has 2 N–H and O–H groups in total. The van der Waals surface area contributed by atoms with Crippen LogP contribution in [0.1, 0.15) is 66.4 Å². The molecule has 180 valence electrons. The average molecular weight is 448 g/mol. The molecule has 0 radical (unpaired) electrons. The lowest BCUT2D eigenvalue weighted by Gasteiger charge is -2.47. The van der Waals surface area contributed by atoms with Crippen LogP contribution < -0.4 is 5.73 Å². The molecule has 32 heavy (non-hydrogen) atoms. The van der Waals surface area contributed by atoms with Gasteiger partial charge in [-0.2, -0.15) is 0 Å². The number of amides is 1. The van der Waals surface area contributed by atoms with E-state index in [2.05, 4.69) is 6.92 Å². The summed E-state index contributed by atoms with van der Waals surface area (Å²) in [5.41, 5.74) is 6.62. The molecule has 1 aliphatic rings. The van der Waals surface area contributed by atoms with Crippen molar-refractivity contribution in [3.05, 3.63) is 35.9 Å². The summed E-state index contributed by atoms with van der Waals surface area (Å²) in [7, 11) is 0. The Kier molecular flexibility index (Phi) is 9.86. The summed E-state index contributed by atoms with van der Waals surface area (Å²) < 4.78 is 18.3. The van der Waals surface area contributed by atoms with Crippen LogP contribution in [0.3, 0.4) is 0 Å². The van der Waals surface area contributed by atoms with Crippen molar-refractivity contribution in [2.24, 2.45) is 29.4 Å². The van der Waals surface area contributed by atoms with Crippen LogP contribution in [0.15, 0.2) is 30.3 Å². The van der Waals surface area contributed by atoms with Gasteiger partial charge in [-0.3, -0.25) is 9.59 Å². The van der Waals surface area contributed by atoms with Gasteiger partial charge in [0.05, 0.1) is 18.8 Å². The van der Waals surface area contributed by atoms with Crippen molar-refractivity contribution in [2.45, 2.75) is 85.4 Å². The number of carbonyl (C=O) groups excluding carboxylic acids is 2. The molecule has 1 aromatic carbocycles. The van der Waals surface area contributed by atoms with Crippen molar-refractivity contribution in [2.75, 3.05) is 6.61 Å². The number of benzene rings is 1. The van der Waals surface area contributed by atoms with E-state index in [0.29, 0.717) is 26.1 Å². The normalized spacial score (nSPS) is 25.6. The molecule has 1 aromatic rings. The number of ether oxygens (including phenoxy) is 3. The number of hydrogen-bond acceptors (Lipinski definition) is 5. The van der Waals surface area contributed by atoms with Gasteiger partial charge in [-0.15, -0.1) is 0 Å². The van der Waals surface area contributed by atoms with Crippen LogP contribution in [0.5, 0.6) is 0 Å². The largest absolute Gasteiger partial charge is 0.377 e. The number of Topliss-reactive ketones (excluding diaryl/α,β-unsaturated/α-hetero) is 1. The molecule has 1 aliphatic heterocycles. The van der Waals surface area contributed by atoms with E-state index < -0.39 is 5.79 Å². The Morgan fingerprint density at radius 2 is 1.81 bits per heavy atom. The van der Waals surface area contributed by atoms with Crippen LogP contribution in [0.4, 0.5) is 0 Å². The van der Waals surface area contributed by atoms with E-state index >= 15 is 0 Å². The van der Waals surface area contributed by atoms with Crippen LogP contribution in [-0.2, 0) is 30.4 Å². The first-order chi connectivity index (χ1) is 15.1. The molecule has 1 amide bonds. The van der Waals surface area contributed by atoms with Crippen molar-refractivity contribution in [1.29, 1.82) is 0 Å². The van der Waals surface area contributed by atoms with Gasteiger partial charge in [0.2, 0.25) is 5.91 Å². The van der Waals surface area contributed by atoms with Crippen LogP contribution in [0, 0.1) is 23.7 Å². The monoisotopic (exact) mass is 447 g/mol. The lowest BCUT2D eigenvalue weighted by molar-refractivity contribution is -0.326. The fraction of sp³-hybridized carbons (Fsp3) is 0.692. The van der Waals surface area contributed by atoms with Crippen LogP contribution in [-0.4, -0.2) is 36.3 Å². The van der Waals surface area contributed by atoms with Crippen LogP contribution >= 0.6 is 0 Å². The van der Waals surface area contributed by atoms with E-state index in [1.54, 1.807) is 0 Å². The number of rotatable bonds is 12. The fourth-order valence-electron chi connectivity index (χ4n) is 4.63. The number of primary amides is 1. The molecule has 6 atom stereocenters. The second-order valence-electron chi connectivity index (χ2n) is 9.66. The molecule has 1 saturated heterocycles. The maximum absolute atomic E-state index is 13.2. The summed E-state index contributed by atoms with van der Waals surface area (Å²) in [6, 6.07) is 10.1. The highest BCUT2D eigenvalue weighted by Crippen LogP contribution is 2.37. The highest BCUT2D eigenvalue weighted by atomic mass is 16.7. The number of hydrogen-bond donors (Lipinski definition) is 1. The highest BCUT2D eigenvalue weighted by Gasteiger charge is 2.45. The molecule has 1 heterocycles. The standard InChI is InChI=1S/C26H41NO5/c1-7-21(25(27)29)15-17(2)23(28)19(4)24-18(3)22(31-26(5,6)32-24)13-14-30-16-20-11-9-8-10-12-20/h8-12,17-19,21-22,24H,7,13-16H2,1-6H3,(H2,27,29)/t17-,18-,19-,21-,22-,24-/m0/s1. The average Bonchev–Trinajstić information content (AvgIpc) is 2.76. The lowest BCUT2D eigenvalue weighted by Crippen LogP contribution is -2.54. The predicted molar refractivity (Wildman–Crippen MR) is 125 cm³/mol.